The van der Waals surface area contributed by atoms with E-state index in [1.165, 1.54) is 12.6 Å². The van der Waals surface area contributed by atoms with Crippen LogP contribution in [-0.4, -0.2) is 49.4 Å². The van der Waals surface area contributed by atoms with Crippen LogP contribution in [-0.2, 0) is 4.79 Å². The number of amides is 2. The summed E-state index contributed by atoms with van der Waals surface area (Å²) in [6.07, 6.45) is 0.399. The van der Waals surface area contributed by atoms with E-state index >= 15 is 0 Å². The Bertz CT molecular complexity index is 453. The highest BCUT2D eigenvalue weighted by molar-refractivity contribution is 5.78. The first-order valence-electron chi connectivity index (χ1n) is 6.99. The smallest absolute Gasteiger partial charge is 0.317 e. The fourth-order valence-electron chi connectivity index (χ4n) is 2.26. The van der Waals surface area contributed by atoms with E-state index < -0.39 is 0 Å². The number of carbonyl (C=O) groups is 2. The van der Waals surface area contributed by atoms with Crippen LogP contribution >= 0.6 is 0 Å². The molecular weight excluding hydrogens is 254 g/mol. The van der Waals surface area contributed by atoms with Gasteiger partial charge in [-0.05, 0) is 19.1 Å². The molecule has 1 aromatic carbocycles. The molecule has 0 spiro atoms. The number of benzene rings is 1. The first-order valence-corrected chi connectivity index (χ1v) is 6.99. The van der Waals surface area contributed by atoms with Crippen LogP contribution in [0.15, 0.2) is 30.3 Å². The van der Waals surface area contributed by atoms with Crippen molar-refractivity contribution in [3.8, 4) is 0 Å². The molecule has 0 radical (unpaired) electrons. The van der Waals surface area contributed by atoms with Gasteiger partial charge in [-0.15, -0.1) is 0 Å². The van der Waals surface area contributed by atoms with Crippen molar-refractivity contribution in [3.05, 3.63) is 30.3 Å². The summed E-state index contributed by atoms with van der Waals surface area (Å²) in [6, 6.07) is 10.2. The van der Waals surface area contributed by atoms with Crippen LogP contribution in [0.1, 0.15) is 13.3 Å². The van der Waals surface area contributed by atoms with Crippen molar-refractivity contribution in [2.24, 2.45) is 0 Å². The molecule has 1 saturated heterocycles. The van der Waals surface area contributed by atoms with Crippen molar-refractivity contribution in [1.29, 1.82) is 0 Å². The Morgan fingerprint density at radius 1 is 1.10 bits per heavy atom. The van der Waals surface area contributed by atoms with Gasteiger partial charge in [0.25, 0.3) is 0 Å². The van der Waals surface area contributed by atoms with Crippen molar-refractivity contribution < 1.29 is 9.59 Å². The molecule has 1 N–H and O–H groups in total. The zero-order valence-electron chi connectivity index (χ0n) is 11.8. The molecule has 2 amide bonds. The molecule has 1 aromatic rings. The fraction of sp³-hybridized carbons (Fsp3) is 0.467. The number of urea groups is 1. The van der Waals surface area contributed by atoms with Gasteiger partial charge in [-0.3, -0.25) is 4.79 Å². The maximum atomic E-state index is 11.9. The number of rotatable bonds is 4. The second-order valence-corrected chi connectivity index (χ2v) is 4.99. The lowest BCUT2D eigenvalue weighted by Gasteiger charge is -2.36. The van der Waals surface area contributed by atoms with Crippen molar-refractivity contribution in [2.75, 3.05) is 37.6 Å². The molecule has 1 aliphatic rings. The molecule has 20 heavy (non-hydrogen) atoms. The Kier molecular flexibility index (Phi) is 4.98. The minimum Gasteiger partial charge on any atom is -0.368 e. The van der Waals surface area contributed by atoms with Crippen molar-refractivity contribution >= 4 is 17.5 Å². The number of carbonyl (C=O) groups excluding carboxylic acids is 2. The van der Waals surface area contributed by atoms with Gasteiger partial charge >= 0.3 is 6.03 Å². The van der Waals surface area contributed by atoms with Gasteiger partial charge in [0.2, 0.25) is 0 Å². The Hall–Kier alpha value is -2.04. The highest BCUT2D eigenvalue weighted by Gasteiger charge is 2.20. The molecule has 0 aliphatic carbocycles. The fourth-order valence-corrected chi connectivity index (χ4v) is 2.26. The van der Waals surface area contributed by atoms with Gasteiger partial charge in [-0.1, -0.05) is 18.2 Å². The Morgan fingerprint density at radius 3 is 2.35 bits per heavy atom. The van der Waals surface area contributed by atoms with Crippen LogP contribution in [0.3, 0.4) is 0 Å². The molecule has 0 aromatic heterocycles. The first kappa shape index (κ1) is 14.4. The zero-order valence-corrected chi connectivity index (χ0v) is 11.8. The molecule has 1 heterocycles. The van der Waals surface area contributed by atoms with Gasteiger partial charge in [0.05, 0.1) is 0 Å². The molecule has 0 atom stereocenters. The van der Waals surface area contributed by atoms with Crippen molar-refractivity contribution in [2.45, 2.75) is 13.3 Å². The molecule has 0 bridgehead atoms. The summed E-state index contributed by atoms with van der Waals surface area (Å²) in [6.45, 7) is 5.05. The van der Waals surface area contributed by atoms with Gasteiger partial charge in [0.1, 0.15) is 5.78 Å². The number of Topliss-reactive ketones (excluding diaryl/α,β-unsaturated/α-hetero) is 1. The van der Waals surface area contributed by atoms with Crippen molar-refractivity contribution in [3.63, 3.8) is 0 Å². The average molecular weight is 275 g/mol. The molecule has 0 saturated carbocycles. The highest BCUT2D eigenvalue weighted by atomic mass is 16.2. The number of piperazine rings is 1. The van der Waals surface area contributed by atoms with E-state index in [-0.39, 0.29) is 11.8 Å². The third-order valence-electron chi connectivity index (χ3n) is 3.44. The van der Waals surface area contributed by atoms with E-state index in [0.29, 0.717) is 26.1 Å². The lowest BCUT2D eigenvalue weighted by Crippen LogP contribution is -2.52. The summed E-state index contributed by atoms with van der Waals surface area (Å²) in [5, 5.41) is 2.79. The second kappa shape index (κ2) is 6.93. The van der Waals surface area contributed by atoms with Gasteiger partial charge in [0.15, 0.2) is 0 Å². The third-order valence-corrected chi connectivity index (χ3v) is 3.44. The molecule has 108 valence electrons. The molecule has 1 fully saturated rings. The molecule has 0 unspecified atom stereocenters. The predicted octanol–water partition coefficient (Wildman–Crippen LogP) is 1.50. The maximum absolute atomic E-state index is 11.9. The van der Waals surface area contributed by atoms with Gasteiger partial charge < -0.3 is 15.1 Å². The minimum absolute atomic E-state index is 0.0704. The third kappa shape index (κ3) is 3.98. The Morgan fingerprint density at radius 2 is 1.75 bits per heavy atom. The van der Waals surface area contributed by atoms with E-state index in [0.717, 1.165) is 13.1 Å². The summed E-state index contributed by atoms with van der Waals surface area (Å²) >= 11 is 0. The number of nitrogens with zero attached hydrogens (tertiary/aromatic N) is 2. The minimum atomic E-state index is -0.0704. The number of nitrogens with one attached hydrogen (secondary N) is 1. The summed E-state index contributed by atoms with van der Waals surface area (Å²) in [7, 11) is 0. The molecule has 2 rings (SSSR count). The largest absolute Gasteiger partial charge is 0.368 e. The SMILES string of the molecule is CC(=O)CCNC(=O)N1CCN(c2ccccc2)CC1. The summed E-state index contributed by atoms with van der Waals surface area (Å²) in [5.41, 5.74) is 1.20. The Labute approximate surface area is 119 Å². The molecule has 5 nitrogen and oxygen atoms in total. The van der Waals surface area contributed by atoms with E-state index in [1.54, 1.807) is 4.90 Å². The monoisotopic (exact) mass is 275 g/mol. The maximum Gasteiger partial charge on any atom is 0.317 e. The van der Waals surface area contributed by atoms with Gasteiger partial charge in [0, 0.05) is 44.8 Å². The van der Waals surface area contributed by atoms with Gasteiger partial charge in [-0.2, -0.15) is 0 Å². The lowest BCUT2D eigenvalue weighted by molar-refractivity contribution is -0.116. The van der Waals surface area contributed by atoms with Crippen LogP contribution in [0.4, 0.5) is 10.5 Å². The van der Waals surface area contributed by atoms with Gasteiger partial charge in [-0.25, -0.2) is 4.79 Å². The average Bonchev–Trinajstić information content (AvgIpc) is 2.48. The van der Waals surface area contributed by atoms with E-state index in [4.69, 9.17) is 0 Å². The number of para-hydroxylation sites is 1. The lowest BCUT2D eigenvalue weighted by atomic mass is 10.2. The first-order chi connectivity index (χ1) is 9.66. The summed E-state index contributed by atoms with van der Waals surface area (Å²) in [4.78, 5) is 26.8. The van der Waals surface area contributed by atoms with Crippen LogP contribution in [0, 0.1) is 0 Å². The Balaban J connectivity index is 1.76. The molecular formula is C15H21N3O2. The van der Waals surface area contributed by atoms with E-state index in [1.807, 2.05) is 18.2 Å². The number of ketones is 1. The predicted molar refractivity (Wildman–Crippen MR) is 78.9 cm³/mol. The van der Waals surface area contributed by atoms with E-state index in [2.05, 4.69) is 22.3 Å². The molecule has 1 aliphatic heterocycles. The number of anilines is 1. The standard InChI is InChI=1S/C15H21N3O2/c1-13(19)7-8-16-15(20)18-11-9-17(10-12-18)14-5-3-2-4-6-14/h2-6H,7-12H2,1H3,(H,16,20). The second-order valence-electron chi connectivity index (χ2n) is 4.99. The zero-order chi connectivity index (χ0) is 14.4. The van der Waals surface area contributed by atoms with Crippen LogP contribution in [0.5, 0.6) is 0 Å². The quantitative estimate of drug-likeness (QED) is 0.906. The number of hydrogen-bond acceptors (Lipinski definition) is 3. The number of hydrogen-bond donors (Lipinski definition) is 1. The highest BCUT2D eigenvalue weighted by Crippen LogP contribution is 2.15. The van der Waals surface area contributed by atoms with Crippen molar-refractivity contribution in [1.82, 2.24) is 10.2 Å². The topological polar surface area (TPSA) is 52.7 Å². The van der Waals surface area contributed by atoms with Crippen LogP contribution < -0.4 is 10.2 Å². The summed E-state index contributed by atoms with van der Waals surface area (Å²) in [5.74, 6) is 0.0965. The molecule has 5 heteroatoms. The summed E-state index contributed by atoms with van der Waals surface area (Å²) < 4.78 is 0. The normalized spacial score (nSPS) is 15.1. The van der Waals surface area contributed by atoms with E-state index in [9.17, 15) is 9.59 Å². The van der Waals surface area contributed by atoms with Crippen LogP contribution in [0.25, 0.3) is 0 Å². The van der Waals surface area contributed by atoms with Crippen LogP contribution in [0.2, 0.25) is 0 Å².